The van der Waals surface area contributed by atoms with Crippen LogP contribution in [0.3, 0.4) is 0 Å². The molecule has 7 rings (SSSR count). The number of ether oxygens (including phenoxy) is 6. The number of methoxy groups -OCH3 is 3. The minimum absolute atomic E-state index is 0.0317. The molecule has 5 aliphatic carbocycles. The Morgan fingerprint density at radius 3 is 2.53 bits per heavy atom. The summed E-state index contributed by atoms with van der Waals surface area (Å²) in [6.07, 6.45) is 1.69. The Bertz CT molecular complexity index is 979. The molecular formula is C27H41NO8. The lowest BCUT2D eigenvalue weighted by Crippen LogP contribution is -2.85. The van der Waals surface area contributed by atoms with Crippen molar-refractivity contribution in [2.75, 3.05) is 41.2 Å². The average Bonchev–Trinajstić information content (AvgIpc) is 3.40. The van der Waals surface area contributed by atoms with E-state index in [-0.39, 0.29) is 60.3 Å². The van der Waals surface area contributed by atoms with Crippen molar-refractivity contribution in [3.8, 4) is 0 Å². The van der Waals surface area contributed by atoms with Crippen LogP contribution in [-0.4, -0.2) is 104 Å². The monoisotopic (exact) mass is 507 g/mol. The predicted molar refractivity (Wildman–Crippen MR) is 126 cm³/mol. The van der Waals surface area contributed by atoms with Crippen LogP contribution in [0.1, 0.15) is 46.5 Å². The second-order valence-corrected chi connectivity index (χ2v) is 12.9. The third-order valence-electron chi connectivity index (χ3n) is 12.2. The van der Waals surface area contributed by atoms with Crippen LogP contribution in [0.25, 0.3) is 0 Å². The molecule has 7 fully saturated rings. The van der Waals surface area contributed by atoms with Gasteiger partial charge in [-0.25, -0.2) is 0 Å². The van der Waals surface area contributed by atoms with Gasteiger partial charge < -0.3 is 33.5 Å². The number of hydrogen-bond donors (Lipinski definition) is 1. The van der Waals surface area contributed by atoms with Gasteiger partial charge in [-0.15, -0.1) is 0 Å². The number of carbonyl (C=O) groups excluding carboxylic acids is 1. The molecule has 2 heterocycles. The summed E-state index contributed by atoms with van der Waals surface area (Å²) in [4.78, 5) is 15.3. The molecule has 36 heavy (non-hydrogen) atoms. The van der Waals surface area contributed by atoms with Crippen molar-refractivity contribution in [1.29, 1.82) is 0 Å². The Kier molecular flexibility index (Phi) is 4.87. The Balaban J connectivity index is 1.61. The number of fused-ring (bicyclic) bond motifs is 1. The molecular weight excluding hydrogens is 466 g/mol. The largest absolute Gasteiger partial charge is 0.459 e. The summed E-state index contributed by atoms with van der Waals surface area (Å²) >= 11 is 0. The maximum atomic E-state index is 13.4. The van der Waals surface area contributed by atoms with Crippen molar-refractivity contribution in [2.24, 2.45) is 28.6 Å². The standard InChI is InChI=1S/C27H41NO8/c1-7-28-12-23(3)9-8-17(32-5)26-20(23)21(36-14(2)29)27(22(26)28)25(34-13-35-27)11-16(31-4)15-10-24(26,30)19(25)18(15)33-6/h15-22,30H,7-13H2,1-6H3/t15-,16+,17?,18+,19+,20-,21+,22+,23+,24+,25-,26?,27+/m1/s1. The van der Waals surface area contributed by atoms with Crippen molar-refractivity contribution in [2.45, 2.75) is 93.7 Å². The average molecular weight is 508 g/mol. The molecule has 2 aliphatic heterocycles. The summed E-state index contributed by atoms with van der Waals surface area (Å²) in [5.74, 6) is -0.771. The van der Waals surface area contributed by atoms with E-state index in [4.69, 9.17) is 28.4 Å². The molecule has 0 aromatic carbocycles. The summed E-state index contributed by atoms with van der Waals surface area (Å²) in [5, 5.41) is 13.4. The third-order valence-corrected chi connectivity index (χ3v) is 12.2. The third kappa shape index (κ3) is 2.16. The molecule has 7 bridgehead atoms. The fourth-order valence-electron chi connectivity index (χ4n) is 11.7. The first-order valence-electron chi connectivity index (χ1n) is 13.7. The van der Waals surface area contributed by atoms with Gasteiger partial charge in [0, 0.05) is 59.0 Å². The molecule has 2 saturated heterocycles. The number of likely N-dealkylation sites (N-methyl/N-ethyl adjacent to an activating group) is 1. The van der Waals surface area contributed by atoms with E-state index in [1.165, 1.54) is 6.92 Å². The zero-order chi connectivity index (χ0) is 25.5. The van der Waals surface area contributed by atoms with Gasteiger partial charge in [0.25, 0.3) is 0 Å². The maximum Gasteiger partial charge on any atom is 0.303 e. The molecule has 202 valence electrons. The zero-order valence-corrected chi connectivity index (χ0v) is 22.3. The molecule has 7 aliphatic rings. The van der Waals surface area contributed by atoms with E-state index in [9.17, 15) is 9.90 Å². The Morgan fingerprint density at radius 2 is 1.89 bits per heavy atom. The van der Waals surface area contributed by atoms with E-state index >= 15 is 0 Å². The summed E-state index contributed by atoms with van der Waals surface area (Å²) in [7, 11) is 5.23. The number of piperidine rings is 1. The number of aliphatic hydroxyl groups is 1. The van der Waals surface area contributed by atoms with E-state index in [1.54, 1.807) is 21.3 Å². The van der Waals surface area contributed by atoms with Crippen molar-refractivity contribution < 1.29 is 38.3 Å². The first kappa shape index (κ1) is 24.2. The van der Waals surface area contributed by atoms with Crippen LogP contribution >= 0.6 is 0 Å². The predicted octanol–water partition coefficient (Wildman–Crippen LogP) is 1.35. The Morgan fingerprint density at radius 1 is 1.11 bits per heavy atom. The van der Waals surface area contributed by atoms with Crippen molar-refractivity contribution >= 4 is 5.97 Å². The summed E-state index contributed by atoms with van der Waals surface area (Å²) in [6, 6.07) is -0.224. The highest BCUT2D eigenvalue weighted by molar-refractivity contribution is 5.67. The number of likely N-dealkylation sites (tertiary alicyclic amines) is 1. The lowest BCUT2D eigenvalue weighted by Gasteiger charge is -2.71. The van der Waals surface area contributed by atoms with E-state index in [2.05, 4.69) is 18.7 Å². The number of esters is 1. The molecule has 1 N–H and O–H groups in total. The molecule has 2 unspecified atom stereocenters. The van der Waals surface area contributed by atoms with Gasteiger partial charge in [-0.3, -0.25) is 9.69 Å². The smallest absolute Gasteiger partial charge is 0.303 e. The minimum atomic E-state index is -1.16. The van der Waals surface area contributed by atoms with Crippen LogP contribution in [0.4, 0.5) is 0 Å². The second-order valence-electron chi connectivity index (χ2n) is 12.9. The number of carbonyl (C=O) groups is 1. The van der Waals surface area contributed by atoms with Crippen LogP contribution in [0.5, 0.6) is 0 Å². The highest BCUT2D eigenvalue weighted by Crippen LogP contribution is 2.83. The topological polar surface area (TPSA) is 95.9 Å². The van der Waals surface area contributed by atoms with Crippen LogP contribution in [-0.2, 0) is 33.2 Å². The van der Waals surface area contributed by atoms with E-state index < -0.39 is 28.3 Å². The number of rotatable bonds is 5. The van der Waals surface area contributed by atoms with Crippen molar-refractivity contribution in [3.63, 3.8) is 0 Å². The fourth-order valence-corrected chi connectivity index (χ4v) is 11.7. The van der Waals surface area contributed by atoms with Gasteiger partial charge in [0.15, 0.2) is 5.60 Å². The molecule has 9 nitrogen and oxygen atoms in total. The highest BCUT2D eigenvalue weighted by atomic mass is 16.7. The molecule has 5 saturated carbocycles. The van der Waals surface area contributed by atoms with Gasteiger partial charge >= 0.3 is 5.97 Å². The lowest BCUT2D eigenvalue weighted by molar-refractivity contribution is -0.332. The minimum Gasteiger partial charge on any atom is -0.459 e. The van der Waals surface area contributed by atoms with Crippen LogP contribution in [0.2, 0.25) is 0 Å². The molecule has 0 aromatic rings. The molecule has 9 heteroatoms. The van der Waals surface area contributed by atoms with Crippen molar-refractivity contribution in [3.05, 3.63) is 0 Å². The molecule has 0 amide bonds. The van der Waals surface area contributed by atoms with Gasteiger partial charge in [-0.05, 0) is 31.2 Å². The zero-order valence-electron chi connectivity index (χ0n) is 22.3. The van der Waals surface area contributed by atoms with Crippen molar-refractivity contribution in [1.82, 2.24) is 4.90 Å². The molecule has 0 aromatic heterocycles. The quantitative estimate of drug-likeness (QED) is 0.553. The summed E-state index contributed by atoms with van der Waals surface area (Å²) in [6.45, 7) is 7.72. The Hall–Kier alpha value is -0.810. The van der Waals surface area contributed by atoms with Crippen LogP contribution in [0, 0.1) is 28.6 Å². The first-order valence-corrected chi connectivity index (χ1v) is 13.7. The van der Waals surface area contributed by atoms with Gasteiger partial charge in [0.05, 0.1) is 35.4 Å². The van der Waals surface area contributed by atoms with E-state index in [0.717, 1.165) is 25.9 Å². The van der Waals surface area contributed by atoms with Gasteiger partial charge in [0.2, 0.25) is 0 Å². The molecule has 13 atom stereocenters. The Labute approximate surface area is 213 Å². The SMILES string of the molecule is CCN1C[C@]2(C)CCC(OC)C34[C@@H]2[C@H](OC(C)=O)[C@]2(OCO[C@@]25C[C@H](OC)[C@H]2C[C@]3(O)[C@@H]5[C@H]2OC)[C@@H]14. The van der Waals surface area contributed by atoms with E-state index in [0.29, 0.717) is 12.8 Å². The van der Waals surface area contributed by atoms with Crippen LogP contribution in [0.15, 0.2) is 0 Å². The van der Waals surface area contributed by atoms with Crippen LogP contribution < -0.4 is 0 Å². The first-order chi connectivity index (χ1) is 17.2. The number of nitrogens with zero attached hydrogens (tertiary/aromatic N) is 1. The van der Waals surface area contributed by atoms with E-state index in [1.807, 2.05) is 0 Å². The fraction of sp³-hybridized carbons (Fsp3) is 0.963. The van der Waals surface area contributed by atoms with Gasteiger partial charge in [-0.2, -0.15) is 0 Å². The summed E-state index contributed by atoms with van der Waals surface area (Å²) in [5.41, 5.74) is -3.94. The number of hydrogen-bond acceptors (Lipinski definition) is 9. The second kappa shape index (κ2) is 7.23. The molecule has 0 radical (unpaired) electrons. The molecule has 3 spiro atoms. The highest BCUT2D eigenvalue weighted by Gasteiger charge is 2.97. The normalized spacial score (nSPS) is 60.2. The van der Waals surface area contributed by atoms with Gasteiger partial charge in [-0.1, -0.05) is 13.8 Å². The maximum absolute atomic E-state index is 13.4. The summed E-state index contributed by atoms with van der Waals surface area (Å²) < 4.78 is 38.7. The van der Waals surface area contributed by atoms with Gasteiger partial charge in [0.1, 0.15) is 18.5 Å². The lowest BCUT2D eigenvalue weighted by atomic mass is 9.41.